The zero-order valence-corrected chi connectivity index (χ0v) is 15.5. The van der Waals surface area contributed by atoms with Crippen molar-refractivity contribution < 1.29 is 9.18 Å². The normalized spacial score (nSPS) is 11.5. The number of hydrogen-bond acceptors (Lipinski definition) is 3. The minimum Gasteiger partial charge on any atom is -0.383 e. The molecule has 126 valence electrons. The molecule has 0 radical (unpaired) electrons. The minimum atomic E-state index is -0.341. The van der Waals surface area contributed by atoms with E-state index in [1.54, 1.807) is 6.20 Å². The van der Waals surface area contributed by atoms with E-state index < -0.39 is 0 Å². The highest BCUT2D eigenvalue weighted by molar-refractivity contribution is 7.98. The number of ketones is 1. The lowest BCUT2D eigenvalue weighted by Crippen LogP contribution is -2.12. The van der Waals surface area contributed by atoms with Crippen molar-refractivity contribution in [3.8, 4) is 0 Å². The molecule has 0 N–H and O–H groups in total. The molecular weight excluding hydrogens is 321 g/mol. The molecule has 0 unspecified atom stereocenters. The van der Waals surface area contributed by atoms with Gasteiger partial charge in [-0.3, -0.25) is 4.79 Å². The van der Waals surface area contributed by atoms with Gasteiger partial charge < -0.3 is 4.90 Å². The van der Waals surface area contributed by atoms with Gasteiger partial charge >= 0.3 is 0 Å². The number of allylic oxidation sites excluding steroid dienone is 1. The maximum atomic E-state index is 14.4. The second-order valence-corrected chi connectivity index (χ2v) is 6.71. The molecule has 0 amide bonds. The summed E-state index contributed by atoms with van der Waals surface area (Å²) in [6.45, 7) is 3.73. The summed E-state index contributed by atoms with van der Waals surface area (Å²) in [5.74, 6) is -0.506. The van der Waals surface area contributed by atoms with Crippen LogP contribution in [-0.2, 0) is 0 Å². The lowest BCUT2D eigenvalue weighted by molar-refractivity contribution is 0.105. The number of carbonyl (C=O) groups is 1. The molecule has 0 heterocycles. The van der Waals surface area contributed by atoms with Gasteiger partial charge in [0.1, 0.15) is 5.82 Å². The van der Waals surface area contributed by atoms with E-state index in [4.69, 9.17) is 0 Å². The fourth-order valence-corrected chi connectivity index (χ4v) is 3.34. The van der Waals surface area contributed by atoms with Crippen molar-refractivity contribution in [2.24, 2.45) is 0 Å². The van der Waals surface area contributed by atoms with E-state index in [0.29, 0.717) is 16.0 Å². The number of nitrogens with zero attached hydrogens (tertiary/aromatic N) is 1. The summed E-state index contributed by atoms with van der Waals surface area (Å²) in [7, 11) is 3.73. The fourth-order valence-electron chi connectivity index (χ4n) is 2.62. The monoisotopic (exact) mass is 343 g/mol. The first-order valence-electron chi connectivity index (χ1n) is 7.68. The third kappa shape index (κ3) is 3.70. The lowest BCUT2D eigenvalue weighted by Gasteiger charge is -2.16. The van der Waals surface area contributed by atoms with Crippen molar-refractivity contribution in [1.82, 2.24) is 4.90 Å². The molecule has 0 aliphatic heterocycles. The van der Waals surface area contributed by atoms with Crippen LogP contribution in [-0.4, -0.2) is 31.0 Å². The number of thioether (sulfide) groups is 1. The topological polar surface area (TPSA) is 20.3 Å². The summed E-state index contributed by atoms with van der Waals surface area (Å²) >= 11 is 1.36. The van der Waals surface area contributed by atoms with E-state index in [9.17, 15) is 9.18 Å². The van der Waals surface area contributed by atoms with Crippen molar-refractivity contribution >= 4 is 23.1 Å². The third-order valence-electron chi connectivity index (χ3n) is 3.96. The second-order valence-electron chi connectivity index (χ2n) is 5.89. The Kier molecular flexibility index (Phi) is 5.84. The van der Waals surface area contributed by atoms with Gasteiger partial charge in [-0.2, -0.15) is 0 Å². The number of carbonyl (C=O) groups excluding carboxylic acids is 1. The maximum absolute atomic E-state index is 14.4. The average Bonchev–Trinajstić information content (AvgIpc) is 2.56. The zero-order chi connectivity index (χ0) is 17.9. The minimum absolute atomic E-state index is 0.165. The summed E-state index contributed by atoms with van der Waals surface area (Å²) in [6, 6.07) is 10.8. The van der Waals surface area contributed by atoms with Crippen LogP contribution in [0.1, 0.15) is 27.0 Å². The summed E-state index contributed by atoms with van der Waals surface area (Å²) in [5, 5.41) is 0. The van der Waals surface area contributed by atoms with Crippen molar-refractivity contribution in [2.75, 3.05) is 20.4 Å². The molecule has 2 rings (SSSR count). The molecule has 24 heavy (non-hydrogen) atoms. The second kappa shape index (κ2) is 7.67. The first kappa shape index (κ1) is 18.3. The van der Waals surface area contributed by atoms with Gasteiger partial charge in [0.2, 0.25) is 0 Å². The Morgan fingerprint density at radius 2 is 1.75 bits per heavy atom. The van der Waals surface area contributed by atoms with E-state index in [1.807, 2.05) is 69.4 Å². The molecule has 0 bridgehead atoms. The molecule has 2 aromatic carbocycles. The molecule has 0 saturated carbocycles. The molecule has 0 aliphatic rings. The van der Waals surface area contributed by atoms with Crippen LogP contribution in [0.2, 0.25) is 0 Å². The Hall–Kier alpha value is -2.07. The summed E-state index contributed by atoms with van der Waals surface area (Å²) in [6.07, 6.45) is 3.63. The molecule has 0 saturated heterocycles. The van der Waals surface area contributed by atoms with Crippen LogP contribution in [0.25, 0.3) is 5.57 Å². The van der Waals surface area contributed by atoms with Crippen LogP contribution in [0.15, 0.2) is 47.5 Å². The molecule has 0 spiro atoms. The largest absolute Gasteiger partial charge is 0.383 e. The highest BCUT2D eigenvalue weighted by atomic mass is 32.2. The highest BCUT2D eigenvalue weighted by Crippen LogP contribution is 2.31. The van der Waals surface area contributed by atoms with Gasteiger partial charge in [0.05, 0.1) is 0 Å². The Bertz CT molecular complexity index is 782. The van der Waals surface area contributed by atoms with E-state index in [0.717, 1.165) is 16.7 Å². The van der Waals surface area contributed by atoms with Crippen molar-refractivity contribution in [1.29, 1.82) is 0 Å². The van der Waals surface area contributed by atoms with Crippen LogP contribution in [0.5, 0.6) is 0 Å². The van der Waals surface area contributed by atoms with Crippen LogP contribution in [0.3, 0.4) is 0 Å². The molecule has 0 fully saturated rings. The van der Waals surface area contributed by atoms with Gasteiger partial charge in [0, 0.05) is 36.3 Å². The average molecular weight is 343 g/mol. The van der Waals surface area contributed by atoms with Gasteiger partial charge in [-0.05, 0) is 42.9 Å². The SMILES string of the molecule is CSc1c(F)cc(C(=O)/C(=C/N(C)C)c2ccccc2)c(C)c1C. The van der Waals surface area contributed by atoms with Crippen LogP contribution >= 0.6 is 11.8 Å². The summed E-state index contributed by atoms with van der Waals surface area (Å²) in [4.78, 5) is 15.6. The maximum Gasteiger partial charge on any atom is 0.195 e. The van der Waals surface area contributed by atoms with E-state index >= 15 is 0 Å². The Morgan fingerprint density at radius 3 is 2.29 bits per heavy atom. The van der Waals surface area contributed by atoms with Crippen molar-refractivity contribution in [3.05, 3.63) is 70.7 Å². The molecular formula is C20H22FNOS. The third-order valence-corrected chi connectivity index (χ3v) is 4.87. The van der Waals surface area contributed by atoms with Crippen LogP contribution in [0.4, 0.5) is 4.39 Å². The number of Topliss-reactive ketones (excluding diaryl/α,β-unsaturated/α-hetero) is 1. The van der Waals surface area contributed by atoms with Gasteiger partial charge in [0.15, 0.2) is 5.78 Å². The van der Waals surface area contributed by atoms with Crippen molar-refractivity contribution in [2.45, 2.75) is 18.7 Å². The first-order valence-corrected chi connectivity index (χ1v) is 8.91. The summed E-state index contributed by atoms with van der Waals surface area (Å²) < 4.78 is 14.4. The van der Waals surface area contributed by atoms with Gasteiger partial charge in [-0.25, -0.2) is 4.39 Å². The van der Waals surface area contributed by atoms with Crippen LogP contribution in [0, 0.1) is 19.7 Å². The number of halogens is 1. The number of hydrogen-bond donors (Lipinski definition) is 0. The Labute approximate surface area is 147 Å². The summed E-state index contributed by atoms with van der Waals surface area (Å²) in [5.41, 5.74) is 3.44. The van der Waals surface area contributed by atoms with E-state index in [2.05, 4.69) is 0 Å². The van der Waals surface area contributed by atoms with Gasteiger partial charge in [-0.1, -0.05) is 30.3 Å². The number of benzene rings is 2. The lowest BCUT2D eigenvalue weighted by atomic mass is 9.92. The molecule has 0 aliphatic carbocycles. The molecule has 2 nitrogen and oxygen atoms in total. The highest BCUT2D eigenvalue weighted by Gasteiger charge is 2.21. The van der Waals surface area contributed by atoms with E-state index in [1.165, 1.54) is 17.8 Å². The van der Waals surface area contributed by atoms with Gasteiger partial charge in [0.25, 0.3) is 0 Å². The molecule has 4 heteroatoms. The quantitative estimate of drug-likeness (QED) is 0.435. The Morgan fingerprint density at radius 1 is 1.12 bits per heavy atom. The van der Waals surface area contributed by atoms with Gasteiger partial charge in [-0.15, -0.1) is 11.8 Å². The first-order chi connectivity index (χ1) is 11.4. The number of rotatable bonds is 5. The standard InChI is InChI=1S/C20H22FNOS/c1-13-14(2)20(24-5)18(21)11-16(13)19(23)17(12-22(3)4)15-9-7-6-8-10-15/h6-12H,1-5H3/b17-12+. The zero-order valence-electron chi connectivity index (χ0n) is 14.7. The Balaban J connectivity index is 2.60. The fraction of sp³-hybridized carbons (Fsp3) is 0.250. The van der Waals surface area contributed by atoms with E-state index in [-0.39, 0.29) is 11.6 Å². The predicted molar refractivity (Wildman–Crippen MR) is 100 cm³/mol. The molecule has 0 aromatic heterocycles. The van der Waals surface area contributed by atoms with Crippen molar-refractivity contribution in [3.63, 3.8) is 0 Å². The molecule has 2 aromatic rings. The van der Waals surface area contributed by atoms with Crippen LogP contribution < -0.4 is 0 Å². The molecule has 0 atom stereocenters. The smallest absolute Gasteiger partial charge is 0.195 e. The predicted octanol–water partition coefficient (Wildman–Crippen LogP) is 4.95.